The molecule has 0 rings (SSSR count). The largest absolute Gasteiger partial charge is 0.394 e. The average Bonchev–Trinajstić information content (AvgIpc) is 2.03. The van der Waals surface area contributed by atoms with Crippen LogP contribution in [0, 0.1) is 0 Å². The SMILES string of the molecule is CCCCOC(C)(C)C.OCCO. The third kappa shape index (κ3) is 24.5. The van der Waals surface area contributed by atoms with Crippen LogP contribution in [0.4, 0.5) is 0 Å². The van der Waals surface area contributed by atoms with Crippen molar-refractivity contribution in [3.63, 3.8) is 0 Å². The molecule has 0 fully saturated rings. The molecule has 0 heterocycles. The van der Waals surface area contributed by atoms with Crippen molar-refractivity contribution < 1.29 is 14.9 Å². The Balaban J connectivity index is 0. The first-order valence-electron chi connectivity index (χ1n) is 4.83. The van der Waals surface area contributed by atoms with Gasteiger partial charge in [0.2, 0.25) is 0 Å². The third-order valence-electron chi connectivity index (χ3n) is 1.13. The second-order valence-electron chi connectivity index (χ2n) is 3.76. The Bertz CT molecular complexity index is 84.7. The molecule has 82 valence electrons. The summed E-state index contributed by atoms with van der Waals surface area (Å²) < 4.78 is 5.47. The molecule has 0 saturated heterocycles. The molecule has 0 aromatic carbocycles. The molecule has 0 aliphatic carbocycles. The van der Waals surface area contributed by atoms with Gasteiger partial charge in [-0.25, -0.2) is 0 Å². The number of hydrogen-bond acceptors (Lipinski definition) is 3. The molecule has 0 aliphatic heterocycles. The maximum atomic E-state index is 7.62. The molecular weight excluding hydrogens is 168 g/mol. The minimum Gasteiger partial charge on any atom is -0.394 e. The fourth-order valence-corrected chi connectivity index (χ4v) is 0.523. The highest BCUT2D eigenvalue weighted by molar-refractivity contribution is 4.57. The summed E-state index contributed by atoms with van der Waals surface area (Å²) in [6, 6.07) is 0. The Morgan fingerprint density at radius 3 is 1.77 bits per heavy atom. The average molecular weight is 192 g/mol. The fourth-order valence-electron chi connectivity index (χ4n) is 0.523. The summed E-state index contributed by atoms with van der Waals surface area (Å²) >= 11 is 0. The number of aliphatic hydroxyl groups excluding tert-OH is 2. The Hall–Kier alpha value is -0.120. The summed E-state index contributed by atoms with van der Waals surface area (Å²) in [5, 5.41) is 15.2. The van der Waals surface area contributed by atoms with E-state index in [1.54, 1.807) is 0 Å². The minimum absolute atomic E-state index is 0.0508. The topological polar surface area (TPSA) is 49.7 Å². The predicted molar refractivity (Wildman–Crippen MR) is 54.8 cm³/mol. The van der Waals surface area contributed by atoms with Crippen LogP contribution in [0.15, 0.2) is 0 Å². The van der Waals surface area contributed by atoms with Gasteiger partial charge in [0.25, 0.3) is 0 Å². The van der Waals surface area contributed by atoms with Gasteiger partial charge in [-0.3, -0.25) is 0 Å². The zero-order valence-electron chi connectivity index (χ0n) is 9.34. The van der Waals surface area contributed by atoms with Crippen LogP contribution in [-0.2, 0) is 4.74 Å². The van der Waals surface area contributed by atoms with E-state index in [9.17, 15) is 0 Å². The highest BCUT2D eigenvalue weighted by atomic mass is 16.5. The van der Waals surface area contributed by atoms with Crippen molar-refractivity contribution in [2.45, 2.75) is 46.1 Å². The summed E-state index contributed by atoms with van der Waals surface area (Å²) in [7, 11) is 0. The molecule has 2 N–H and O–H groups in total. The normalized spacial score (nSPS) is 10.6. The maximum Gasteiger partial charge on any atom is 0.0662 e. The standard InChI is InChI=1S/C8H18O.C2H6O2/c1-5-6-7-9-8(2,3)4;3-1-2-4/h5-7H2,1-4H3;3-4H,1-2H2. The van der Waals surface area contributed by atoms with E-state index in [4.69, 9.17) is 14.9 Å². The summed E-state index contributed by atoms with van der Waals surface area (Å²) in [5.74, 6) is 0. The van der Waals surface area contributed by atoms with Crippen LogP contribution in [0.1, 0.15) is 40.5 Å². The van der Waals surface area contributed by atoms with E-state index < -0.39 is 0 Å². The lowest BCUT2D eigenvalue weighted by Gasteiger charge is -2.18. The molecule has 0 amide bonds. The third-order valence-corrected chi connectivity index (χ3v) is 1.13. The fraction of sp³-hybridized carbons (Fsp3) is 1.00. The van der Waals surface area contributed by atoms with Gasteiger partial charge in [0.15, 0.2) is 0 Å². The smallest absolute Gasteiger partial charge is 0.0662 e. The minimum atomic E-state index is -0.125. The molecular formula is C10H24O3. The second-order valence-corrected chi connectivity index (χ2v) is 3.76. The van der Waals surface area contributed by atoms with E-state index in [-0.39, 0.29) is 18.8 Å². The van der Waals surface area contributed by atoms with Gasteiger partial charge in [0.05, 0.1) is 18.8 Å². The Morgan fingerprint density at radius 2 is 1.54 bits per heavy atom. The monoisotopic (exact) mass is 192 g/mol. The van der Waals surface area contributed by atoms with E-state index in [1.165, 1.54) is 12.8 Å². The number of ether oxygens (including phenoxy) is 1. The van der Waals surface area contributed by atoms with Crippen LogP contribution in [0.3, 0.4) is 0 Å². The van der Waals surface area contributed by atoms with Gasteiger partial charge in [-0.05, 0) is 27.2 Å². The van der Waals surface area contributed by atoms with Crippen molar-refractivity contribution in [1.82, 2.24) is 0 Å². The van der Waals surface area contributed by atoms with Crippen LogP contribution < -0.4 is 0 Å². The van der Waals surface area contributed by atoms with Crippen LogP contribution >= 0.6 is 0 Å². The zero-order valence-corrected chi connectivity index (χ0v) is 9.34. The summed E-state index contributed by atoms with van der Waals surface area (Å²) in [6.07, 6.45) is 2.40. The van der Waals surface area contributed by atoms with Gasteiger partial charge in [0.1, 0.15) is 0 Å². The van der Waals surface area contributed by atoms with Crippen molar-refractivity contribution in [3.05, 3.63) is 0 Å². The number of aliphatic hydroxyl groups is 2. The first-order chi connectivity index (χ1) is 5.97. The molecule has 3 nitrogen and oxygen atoms in total. The molecule has 0 aromatic heterocycles. The van der Waals surface area contributed by atoms with Crippen molar-refractivity contribution in [2.24, 2.45) is 0 Å². The lowest BCUT2D eigenvalue weighted by molar-refractivity contribution is -0.00415. The van der Waals surface area contributed by atoms with E-state index >= 15 is 0 Å². The Kier molecular flexibility index (Phi) is 11.8. The lowest BCUT2D eigenvalue weighted by Crippen LogP contribution is -2.19. The van der Waals surface area contributed by atoms with Crippen molar-refractivity contribution >= 4 is 0 Å². The van der Waals surface area contributed by atoms with E-state index in [0.717, 1.165) is 6.61 Å². The quantitative estimate of drug-likeness (QED) is 0.665. The highest BCUT2D eigenvalue weighted by Crippen LogP contribution is 2.06. The van der Waals surface area contributed by atoms with Crippen LogP contribution in [0.2, 0.25) is 0 Å². The van der Waals surface area contributed by atoms with Gasteiger partial charge in [-0.1, -0.05) is 13.3 Å². The van der Waals surface area contributed by atoms with E-state index in [1.807, 2.05) is 0 Å². The van der Waals surface area contributed by atoms with Crippen LogP contribution in [-0.4, -0.2) is 35.6 Å². The van der Waals surface area contributed by atoms with Gasteiger partial charge in [-0.2, -0.15) is 0 Å². The summed E-state index contributed by atoms with van der Waals surface area (Å²) in [6.45, 7) is 9.08. The molecule has 0 radical (unpaired) electrons. The number of rotatable bonds is 4. The van der Waals surface area contributed by atoms with E-state index in [0.29, 0.717) is 0 Å². The summed E-state index contributed by atoms with van der Waals surface area (Å²) in [4.78, 5) is 0. The molecule has 0 spiro atoms. The van der Waals surface area contributed by atoms with Crippen molar-refractivity contribution in [2.75, 3.05) is 19.8 Å². The maximum absolute atomic E-state index is 7.62. The molecule has 0 bridgehead atoms. The number of unbranched alkanes of at least 4 members (excludes halogenated alkanes) is 1. The number of hydrogen-bond donors (Lipinski definition) is 2. The Labute approximate surface area is 81.7 Å². The first kappa shape index (κ1) is 15.4. The van der Waals surface area contributed by atoms with Gasteiger partial charge in [0, 0.05) is 6.61 Å². The first-order valence-corrected chi connectivity index (χ1v) is 4.83. The van der Waals surface area contributed by atoms with Crippen molar-refractivity contribution in [1.29, 1.82) is 0 Å². The van der Waals surface area contributed by atoms with Gasteiger partial charge < -0.3 is 14.9 Å². The molecule has 0 aliphatic rings. The summed E-state index contributed by atoms with van der Waals surface area (Å²) in [5.41, 5.74) is 0.0508. The van der Waals surface area contributed by atoms with Crippen molar-refractivity contribution in [3.8, 4) is 0 Å². The molecule has 13 heavy (non-hydrogen) atoms. The molecule has 3 heteroatoms. The molecule has 0 atom stereocenters. The second kappa shape index (κ2) is 9.96. The zero-order chi connectivity index (χ0) is 10.7. The molecule has 0 unspecified atom stereocenters. The van der Waals surface area contributed by atoms with Gasteiger partial charge >= 0.3 is 0 Å². The molecule has 0 saturated carbocycles. The van der Waals surface area contributed by atoms with Crippen LogP contribution in [0.5, 0.6) is 0 Å². The molecule has 0 aromatic rings. The predicted octanol–water partition coefficient (Wildman–Crippen LogP) is 1.57. The lowest BCUT2D eigenvalue weighted by atomic mass is 10.2. The van der Waals surface area contributed by atoms with Crippen LogP contribution in [0.25, 0.3) is 0 Å². The van der Waals surface area contributed by atoms with E-state index in [2.05, 4.69) is 27.7 Å². The van der Waals surface area contributed by atoms with Gasteiger partial charge in [-0.15, -0.1) is 0 Å². The highest BCUT2D eigenvalue weighted by Gasteiger charge is 2.07. The Morgan fingerprint density at radius 1 is 1.08 bits per heavy atom.